The van der Waals surface area contributed by atoms with Gasteiger partial charge < -0.3 is 4.42 Å². The zero-order chi connectivity index (χ0) is 8.67. The Hall–Kier alpha value is -1.50. The standard InChI is InChI=1S/C12H10O/c1-3-7-11-9(5-1)10-6-2-4-8-12(10)13-11/h1,3,5-8H,2,4H2. The fourth-order valence-electron chi connectivity index (χ4n) is 1.89. The first-order valence-corrected chi connectivity index (χ1v) is 4.63. The molecule has 0 aliphatic heterocycles. The molecule has 0 fully saturated rings. The molecule has 2 aromatic rings. The lowest BCUT2D eigenvalue weighted by Gasteiger charge is -1.91. The Morgan fingerprint density at radius 3 is 2.85 bits per heavy atom. The Morgan fingerprint density at radius 1 is 1.00 bits per heavy atom. The van der Waals surface area contributed by atoms with Crippen LogP contribution in [0.1, 0.15) is 12.8 Å². The van der Waals surface area contributed by atoms with Crippen molar-refractivity contribution in [1.29, 1.82) is 0 Å². The highest BCUT2D eigenvalue weighted by Crippen LogP contribution is 2.08. The Morgan fingerprint density at radius 2 is 1.85 bits per heavy atom. The van der Waals surface area contributed by atoms with E-state index < -0.39 is 0 Å². The van der Waals surface area contributed by atoms with E-state index in [0.717, 1.165) is 23.8 Å². The molecule has 0 bridgehead atoms. The van der Waals surface area contributed by atoms with Gasteiger partial charge in [0.05, 0.1) is 0 Å². The summed E-state index contributed by atoms with van der Waals surface area (Å²) >= 11 is 0. The first-order valence-electron chi connectivity index (χ1n) is 4.63. The van der Waals surface area contributed by atoms with Crippen LogP contribution in [0.2, 0.25) is 0 Å². The van der Waals surface area contributed by atoms with E-state index in [2.05, 4.69) is 24.3 Å². The van der Waals surface area contributed by atoms with Crippen molar-refractivity contribution in [3.05, 3.63) is 34.9 Å². The van der Waals surface area contributed by atoms with Gasteiger partial charge in [0, 0.05) is 10.6 Å². The normalized spacial score (nSPS) is 14.8. The maximum absolute atomic E-state index is 5.70. The average molecular weight is 170 g/mol. The molecule has 1 heteroatoms. The summed E-state index contributed by atoms with van der Waals surface area (Å²) in [5.74, 6) is 0. The molecule has 0 spiro atoms. The van der Waals surface area contributed by atoms with Gasteiger partial charge in [0.15, 0.2) is 0 Å². The third-order valence-corrected chi connectivity index (χ3v) is 2.51. The maximum atomic E-state index is 5.70. The zero-order valence-electron chi connectivity index (χ0n) is 7.29. The maximum Gasteiger partial charge on any atom is 0.135 e. The third kappa shape index (κ3) is 0.934. The molecule has 1 aliphatic rings. The minimum atomic E-state index is 1.00. The molecule has 0 unspecified atom stereocenters. The topological polar surface area (TPSA) is 13.1 Å². The van der Waals surface area contributed by atoms with Crippen LogP contribution in [0.3, 0.4) is 0 Å². The largest absolute Gasteiger partial charge is 0.456 e. The fraction of sp³-hybridized carbons (Fsp3) is 0.167. The van der Waals surface area contributed by atoms with Gasteiger partial charge in [-0.05, 0) is 25.0 Å². The average Bonchev–Trinajstić information content (AvgIpc) is 2.56. The Balaban J connectivity index is 2.63. The van der Waals surface area contributed by atoms with Crippen molar-refractivity contribution in [3.8, 4) is 0 Å². The second kappa shape index (κ2) is 2.49. The molecule has 0 saturated heterocycles. The van der Waals surface area contributed by atoms with Crippen molar-refractivity contribution in [2.45, 2.75) is 12.8 Å². The van der Waals surface area contributed by atoms with Crippen LogP contribution in [0.15, 0.2) is 28.7 Å². The molecule has 0 amide bonds. The smallest absolute Gasteiger partial charge is 0.135 e. The minimum absolute atomic E-state index is 1.00. The van der Waals surface area contributed by atoms with Crippen LogP contribution in [0.25, 0.3) is 23.1 Å². The number of rotatable bonds is 0. The van der Waals surface area contributed by atoms with Crippen molar-refractivity contribution >= 4 is 23.1 Å². The van der Waals surface area contributed by atoms with Gasteiger partial charge in [0.25, 0.3) is 0 Å². The number of hydrogen-bond acceptors (Lipinski definition) is 1. The first kappa shape index (κ1) is 6.96. The van der Waals surface area contributed by atoms with E-state index in [4.69, 9.17) is 4.42 Å². The summed E-state index contributed by atoms with van der Waals surface area (Å²) in [5.41, 5.74) is 2.05. The lowest BCUT2D eigenvalue weighted by molar-refractivity contribution is 0.572. The van der Waals surface area contributed by atoms with Crippen LogP contribution in [0, 0.1) is 0 Å². The molecular formula is C12H10O. The molecule has 1 aromatic carbocycles. The van der Waals surface area contributed by atoms with Crippen LogP contribution in [0.4, 0.5) is 0 Å². The predicted molar refractivity (Wildman–Crippen MR) is 53.6 cm³/mol. The highest BCUT2D eigenvalue weighted by Gasteiger charge is 2.03. The molecule has 13 heavy (non-hydrogen) atoms. The lowest BCUT2D eigenvalue weighted by Crippen LogP contribution is -2.21. The van der Waals surface area contributed by atoms with E-state index in [1.165, 1.54) is 10.6 Å². The second-order valence-corrected chi connectivity index (χ2v) is 3.36. The Labute approximate surface area is 76.0 Å². The van der Waals surface area contributed by atoms with Crippen LogP contribution in [-0.2, 0) is 0 Å². The summed E-state index contributed by atoms with van der Waals surface area (Å²) in [6, 6.07) is 8.21. The van der Waals surface area contributed by atoms with Crippen molar-refractivity contribution in [2.75, 3.05) is 0 Å². The van der Waals surface area contributed by atoms with Gasteiger partial charge in [-0.1, -0.05) is 24.3 Å². The van der Waals surface area contributed by atoms with Gasteiger partial charge in [-0.15, -0.1) is 0 Å². The molecule has 0 atom stereocenters. The third-order valence-electron chi connectivity index (χ3n) is 2.51. The van der Waals surface area contributed by atoms with Crippen molar-refractivity contribution < 1.29 is 4.42 Å². The van der Waals surface area contributed by atoms with Gasteiger partial charge in [0.2, 0.25) is 0 Å². The van der Waals surface area contributed by atoms with Gasteiger partial charge >= 0.3 is 0 Å². The highest BCUT2D eigenvalue weighted by atomic mass is 16.3. The number of hydrogen-bond donors (Lipinski definition) is 0. The summed E-state index contributed by atoms with van der Waals surface area (Å²) < 4.78 is 5.70. The van der Waals surface area contributed by atoms with Crippen LogP contribution in [0.5, 0.6) is 0 Å². The second-order valence-electron chi connectivity index (χ2n) is 3.36. The number of benzene rings is 1. The predicted octanol–water partition coefficient (Wildman–Crippen LogP) is 1.79. The summed E-state index contributed by atoms with van der Waals surface area (Å²) in [7, 11) is 0. The Kier molecular flexibility index (Phi) is 1.33. The van der Waals surface area contributed by atoms with E-state index in [0.29, 0.717) is 0 Å². The molecule has 1 nitrogen and oxygen atoms in total. The van der Waals surface area contributed by atoms with Crippen molar-refractivity contribution in [1.82, 2.24) is 0 Å². The quantitative estimate of drug-likeness (QED) is 0.587. The highest BCUT2D eigenvalue weighted by molar-refractivity contribution is 5.79. The molecule has 1 aromatic heterocycles. The molecule has 0 saturated carbocycles. The monoisotopic (exact) mass is 170 g/mol. The number of furan rings is 1. The zero-order valence-corrected chi connectivity index (χ0v) is 7.29. The van der Waals surface area contributed by atoms with Crippen LogP contribution >= 0.6 is 0 Å². The van der Waals surface area contributed by atoms with E-state index in [-0.39, 0.29) is 0 Å². The summed E-state index contributed by atoms with van der Waals surface area (Å²) in [5, 5.41) is 2.52. The summed E-state index contributed by atoms with van der Waals surface area (Å²) in [6.07, 6.45) is 6.68. The summed E-state index contributed by atoms with van der Waals surface area (Å²) in [6.45, 7) is 0. The number of para-hydroxylation sites is 1. The van der Waals surface area contributed by atoms with Gasteiger partial charge in [-0.3, -0.25) is 0 Å². The van der Waals surface area contributed by atoms with Gasteiger partial charge in [0.1, 0.15) is 11.0 Å². The van der Waals surface area contributed by atoms with E-state index >= 15 is 0 Å². The van der Waals surface area contributed by atoms with E-state index in [1.807, 2.05) is 12.1 Å². The van der Waals surface area contributed by atoms with Gasteiger partial charge in [-0.25, -0.2) is 0 Å². The van der Waals surface area contributed by atoms with Crippen molar-refractivity contribution in [2.24, 2.45) is 0 Å². The summed E-state index contributed by atoms with van der Waals surface area (Å²) in [4.78, 5) is 0. The van der Waals surface area contributed by atoms with Crippen LogP contribution < -0.4 is 10.6 Å². The van der Waals surface area contributed by atoms with Crippen molar-refractivity contribution in [3.63, 3.8) is 0 Å². The first-order chi connectivity index (χ1) is 6.45. The molecule has 1 heterocycles. The molecule has 64 valence electrons. The minimum Gasteiger partial charge on any atom is -0.456 e. The van der Waals surface area contributed by atoms with Gasteiger partial charge in [-0.2, -0.15) is 0 Å². The van der Waals surface area contributed by atoms with E-state index in [9.17, 15) is 0 Å². The molecule has 3 rings (SSSR count). The molecule has 1 aliphatic carbocycles. The SMILES string of the molecule is C1=c2oc3ccccc3c2=CCC1. The Bertz CT molecular complexity index is 560. The molecule has 0 N–H and O–H groups in total. The number of fused-ring (bicyclic) bond motifs is 3. The van der Waals surface area contributed by atoms with Crippen LogP contribution in [-0.4, -0.2) is 0 Å². The molecular weight excluding hydrogens is 160 g/mol. The lowest BCUT2D eigenvalue weighted by atomic mass is 10.1. The van der Waals surface area contributed by atoms with E-state index in [1.54, 1.807) is 0 Å². The molecule has 0 radical (unpaired) electrons. The fourth-order valence-corrected chi connectivity index (χ4v) is 1.89.